The minimum atomic E-state index is -0.471. The summed E-state index contributed by atoms with van der Waals surface area (Å²) in [7, 11) is 0. The molecule has 2 rings (SSSR count). The van der Waals surface area contributed by atoms with Crippen molar-refractivity contribution in [3.8, 4) is 0 Å². The zero-order valence-corrected chi connectivity index (χ0v) is 22.3. The Morgan fingerprint density at radius 2 is 1.83 bits per heavy atom. The van der Waals surface area contributed by atoms with Crippen molar-refractivity contribution in [3.63, 3.8) is 0 Å². The molecule has 0 spiro atoms. The van der Waals surface area contributed by atoms with Crippen LogP contribution in [-0.4, -0.2) is 37.2 Å². The van der Waals surface area contributed by atoms with E-state index < -0.39 is 18.0 Å². The number of carbonyl (C=O) groups is 3. The predicted octanol–water partition coefficient (Wildman–Crippen LogP) is 6.31. The molecule has 0 bridgehead atoms. The van der Waals surface area contributed by atoms with Crippen LogP contribution < -0.4 is 0 Å². The summed E-state index contributed by atoms with van der Waals surface area (Å²) in [5.41, 5.74) is 6.47. The average molecular weight is 487 g/mol. The molecular formula is C29H42O6. The molecule has 35 heavy (non-hydrogen) atoms. The largest absolute Gasteiger partial charge is 0.461 e. The first kappa shape index (κ1) is 28.6. The second-order valence-corrected chi connectivity index (χ2v) is 10.4. The molecule has 1 aliphatic heterocycles. The van der Waals surface area contributed by atoms with E-state index in [2.05, 4.69) is 33.8 Å². The molecule has 0 saturated carbocycles. The smallest absolute Gasteiger partial charge is 0.331 e. The molecule has 1 atom stereocenters. The van der Waals surface area contributed by atoms with Gasteiger partial charge in [-0.25, -0.2) is 4.79 Å². The lowest BCUT2D eigenvalue weighted by Gasteiger charge is -2.35. The molecule has 0 saturated heterocycles. The Hall–Kier alpha value is -2.63. The number of allylic oxidation sites excluding steroid dienone is 4. The maximum absolute atomic E-state index is 11.7. The van der Waals surface area contributed by atoms with Gasteiger partial charge < -0.3 is 14.2 Å². The molecule has 194 valence electrons. The van der Waals surface area contributed by atoms with Crippen LogP contribution in [0.4, 0.5) is 0 Å². The number of cyclic esters (lactones) is 1. The van der Waals surface area contributed by atoms with Crippen LogP contribution in [0.3, 0.4) is 0 Å². The highest BCUT2D eigenvalue weighted by Crippen LogP contribution is 2.42. The minimum absolute atomic E-state index is 0.0352. The fourth-order valence-electron chi connectivity index (χ4n) is 4.87. The third-order valence-corrected chi connectivity index (χ3v) is 6.91. The van der Waals surface area contributed by atoms with Crippen LogP contribution in [-0.2, 0) is 28.6 Å². The second kappa shape index (κ2) is 13.5. The third-order valence-electron chi connectivity index (χ3n) is 6.91. The number of rotatable bonds is 12. The van der Waals surface area contributed by atoms with E-state index in [1.54, 1.807) is 11.1 Å². The Morgan fingerprint density at radius 3 is 2.49 bits per heavy atom. The lowest BCUT2D eigenvalue weighted by Crippen LogP contribution is -2.20. The summed E-state index contributed by atoms with van der Waals surface area (Å²) in [4.78, 5) is 34.2. The van der Waals surface area contributed by atoms with Crippen molar-refractivity contribution in [3.05, 3.63) is 46.1 Å². The minimum Gasteiger partial charge on any atom is -0.461 e. The van der Waals surface area contributed by atoms with Gasteiger partial charge in [0.1, 0.15) is 19.3 Å². The molecule has 0 amide bonds. The Kier molecular flexibility index (Phi) is 11.0. The first-order chi connectivity index (χ1) is 16.5. The van der Waals surface area contributed by atoms with Crippen molar-refractivity contribution in [1.82, 2.24) is 0 Å². The van der Waals surface area contributed by atoms with E-state index in [-0.39, 0.29) is 19.2 Å². The fraction of sp³-hybridized carbons (Fsp3) is 0.621. The van der Waals surface area contributed by atoms with Gasteiger partial charge in [-0.05, 0) is 69.8 Å². The van der Waals surface area contributed by atoms with E-state index >= 15 is 0 Å². The molecule has 1 heterocycles. The number of ether oxygens (including phenoxy) is 3. The Bertz CT molecular complexity index is 915. The first-order valence-electron chi connectivity index (χ1n) is 12.7. The van der Waals surface area contributed by atoms with Crippen molar-refractivity contribution in [2.45, 2.75) is 99.0 Å². The van der Waals surface area contributed by atoms with Gasteiger partial charge in [0.2, 0.25) is 0 Å². The van der Waals surface area contributed by atoms with Crippen LogP contribution in [0, 0.1) is 5.41 Å². The molecule has 6 nitrogen and oxygen atoms in total. The summed E-state index contributed by atoms with van der Waals surface area (Å²) in [6.07, 6.45) is 13.1. The summed E-state index contributed by atoms with van der Waals surface area (Å²) in [5.74, 6) is -1.17. The molecular weight excluding hydrogens is 444 g/mol. The van der Waals surface area contributed by atoms with Gasteiger partial charge in [-0.3, -0.25) is 9.59 Å². The maximum Gasteiger partial charge on any atom is 0.331 e. The van der Waals surface area contributed by atoms with E-state index in [9.17, 15) is 14.4 Å². The molecule has 0 aromatic rings. The van der Waals surface area contributed by atoms with Gasteiger partial charge in [0.25, 0.3) is 0 Å². The molecule has 0 radical (unpaired) electrons. The van der Waals surface area contributed by atoms with Crippen molar-refractivity contribution < 1.29 is 28.6 Å². The van der Waals surface area contributed by atoms with Crippen molar-refractivity contribution in [2.75, 3.05) is 13.2 Å². The number of esters is 3. The average Bonchev–Trinajstić information content (AvgIpc) is 3.12. The van der Waals surface area contributed by atoms with Crippen molar-refractivity contribution in [1.29, 1.82) is 0 Å². The molecule has 2 aliphatic rings. The molecule has 0 unspecified atom stereocenters. The summed E-state index contributed by atoms with van der Waals surface area (Å²) >= 11 is 0. The Morgan fingerprint density at radius 1 is 1.11 bits per heavy atom. The summed E-state index contributed by atoms with van der Waals surface area (Å²) < 4.78 is 15.6. The summed E-state index contributed by atoms with van der Waals surface area (Å²) in [6, 6.07) is 0. The highest BCUT2D eigenvalue weighted by atomic mass is 16.6. The number of hydrogen-bond acceptors (Lipinski definition) is 6. The molecule has 0 aromatic heterocycles. The van der Waals surface area contributed by atoms with Gasteiger partial charge in [-0.15, -0.1) is 0 Å². The highest BCUT2D eigenvalue weighted by Gasteiger charge is 2.28. The fourth-order valence-corrected chi connectivity index (χ4v) is 4.87. The Labute approximate surface area is 210 Å². The lowest BCUT2D eigenvalue weighted by atomic mass is 9.71. The Balaban J connectivity index is 1.95. The zero-order valence-electron chi connectivity index (χ0n) is 22.3. The van der Waals surface area contributed by atoms with Gasteiger partial charge >= 0.3 is 17.9 Å². The quantitative estimate of drug-likeness (QED) is 0.183. The lowest BCUT2D eigenvalue weighted by molar-refractivity contribution is -0.141. The van der Waals surface area contributed by atoms with Crippen LogP contribution in [0.25, 0.3) is 0 Å². The van der Waals surface area contributed by atoms with Crippen molar-refractivity contribution >= 4 is 17.9 Å². The number of hydrogen-bond donors (Lipinski definition) is 0. The van der Waals surface area contributed by atoms with Crippen LogP contribution in [0.1, 0.15) is 92.9 Å². The van der Waals surface area contributed by atoms with Crippen molar-refractivity contribution in [2.24, 2.45) is 5.41 Å². The van der Waals surface area contributed by atoms with Crippen LogP contribution in [0.15, 0.2) is 46.1 Å². The van der Waals surface area contributed by atoms with Gasteiger partial charge in [0, 0.05) is 31.9 Å². The van der Waals surface area contributed by atoms with Gasteiger partial charge in [0.05, 0.1) is 0 Å². The summed E-state index contributed by atoms with van der Waals surface area (Å²) in [6.45, 7) is 12.2. The summed E-state index contributed by atoms with van der Waals surface area (Å²) in [5, 5.41) is 0. The molecule has 6 heteroatoms. The van der Waals surface area contributed by atoms with Crippen LogP contribution >= 0.6 is 0 Å². The van der Waals surface area contributed by atoms with E-state index in [0.29, 0.717) is 17.4 Å². The third kappa shape index (κ3) is 9.87. The van der Waals surface area contributed by atoms with E-state index in [1.807, 2.05) is 6.08 Å². The van der Waals surface area contributed by atoms with E-state index in [4.69, 9.17) is 14.2 Å². The molecule has 0 fully saturated rings. The van der Waals surface area contributed by atoms with Crippen LogP contribution in [0.5, 0.6) is 0 Å². The molecule has 0 N–H and O–H groups in total. The van der Waals surface area contributed by atoms with Gasteiger partial charge in [-0.2, -0.15) is 0 Å². The molecule has 0 aromatic carbocycles. The first-order valence-corrected chi connectivity index (χ1v) is 12.7. The number of carbonyl (C=O) groups excluding carboxylic acids is 3. The monoisotopic (exact) mass is 486 g/mol. The van der Waals surface area contributed by atoms with E-state index in [0.717, 1.165) is 31.3 Å². The van der Waals surface area contributed by atoms with Gasteiger partial charge in [-0.1, -0.05) is 42.7 Å². The maximum atomic E-state index is 11.7. The standard InChI is InChI=1S/C29H42O6/c1-20(12-14-26-21(2)10-8-16-29(26,5)6)9-7-11-24(18-33-22(3)30)13-15-27-25(17-28(32)35-27)19-34-23(4)31/h9,13,17,27H,7-8,10-12,14-16,18-19H2,1-6H3/b20-9+,24-13-/t27-/m1/s1. The van der Waals surface area contributed by atoms with Gasteiger partial charge in [0.15, 0.2) is 0 Å². The second-order valence-electron chi connectivity index (χ2n) is 10.4. The van der Waals surface area contributed by atoms with E-state index in [1.165, 1.54) is 44.8 Å². The normalized spacial score (nSPS) is 20.5. The highest BCUT2D eigenvalue weighted by molar-refractivity contribution is 5.86. The SMILES string of the molecule is CC(=O)OCC1=CC(=O)O[C@@H]1C/C=C(/CC/C=C(\C)CCC1=C(C)CCCC1(C)C)COC(C)=O. The predicted molar refractivity (Wildman–Crippen MR) is 136 cm³/mol. The topological polar surface area (TPSA) is 78.9 Å². The van der Waals surface area contributed by atoms with Crippen LogP contribution in [0.2, 0.25) is 0 Å². The molecule has 1 aliphatic carbocycles. The zero-order chi connectivity index (χ0) is 26.0.